The molecule has 28 heavy (non-hydrogen) atoms. The van der Waals surface area contributed by atoms with E-state index in [9.17, 15) is 19.2 Å². The summed E-state index contributed by atoms with van der Waals surface area (Å²) in [7, 11) is 0. The molecule has 0 aromatic heterocycles. The largest absolute Gasteiger partial charge is 0.355 e. The minimum atomic E-state index is -1.22. The fraction of sp³-hybridized carbons (Fsp3) is 0.524. The average molecular weight is 385 g/mol. The Hall–Kier alpha value is -2.70. The fourth-order valence-corrected chi connectivity index (χ4v) is 3.37. The molecule has 1 saturated carbocycles. The lowest BCUT2D eigenvalue weighted by molar-refractivity contribution is -0.141. The van der Waals surface area contributed by atoms with E-state index in [0.717, 1.165) is 23.3 Å². The van der Waals surface area contributed by atoms with Crippen LogP contribution in [0.1, 0.15) is 59.4 Å². The number of carbonyl (C=O) groups excluding carboxylic acids is 4. The van der Waals surface area contributed by atoms with Crippen LogP contribution in [-0.2, 0) is 9.59 Å². The van der Waals surface area contributed by atoms with E-state index < -0.39 is 11.3 Å². The Balaban J connectivity index is 1.51. The molecule has 4 amide bonds. The quantitative estimate of drug-likeness (QED) is 0.551. The minimum absolute atomic E-state index is 0.0664. The number of imide groups is 1. The van der Waals surface area contributed by atoms with E-state index in [0.29, 0.717) is 23.6 Å². The fourth-order valence-electron chi connectivity index (χ4n) is 3.37. The molecule has 0 saturated heterocycles. The van der Waals surface area contributed by atoms with Gasteiger partial charge in [-0.3, -0.25) is 24.1 Å². The van der Waals surface area contributed by atoms with Gasteiger partial charge in [0, 0.05) is 19.6 Å². The first-order chi connectivity index (χ1) is 13.2. The summed E-state index contributed by atoms with van der Waals surface area (Å²) >= 11 is 0. The van der Waals surface area contributed by atoms with Crippen molar-refractivity contribution in [2.45, 2.75) is 40.0 Å². The highest BCUT2D eigenvalue weighted by Gasteiger charge is 2.38. The van der Waals surface area contributed by atoms with Gasteiger partial charge < -0.3 is 10.6 Å². The summed E-state index contributed by atoms with van der Waals surface area (Å²) in [6, 6.07) is 5.14. The van der Waals surface area contributed by atoms with Crippen molar-refractivity contribution in [3.63, 3.8) is 0 Å². The summed E-state index contributed by atoms with van der Waals surface area (Å²) in [6.45, 7) is 5.77. The number of benzene rings is 1. The Bertz CT molecular complexity index is 827. The Kier molecular flexibility index (Phi) is 5.54. The van der Waals surface area contributed by atoms with Crippen molar-refractivity contribution < 1.29 is 19.2 Å². The van der Waals surface area contributed by atoms with Crippen molar-refractivity contribution in [3.8, 4) is 0 Å². The molecule has 0 unspecified atom stereocenters. The lowest BCUT2D eigenvalue weighted by Crippen LogP contribution is -2.50. The molecule has 1 aliphatic carbocycles. The normalized spacial score (nSPS) is 16.6. The monoisotopic (exact) mass is 385 g/mol. The Labute approximate surface area is 164 Å². The molecule has 1 aliphatic heterocycles. The van der Waals surface area contributed by atoms with Crippen LogP contribution >= 0.6 is 0 Å². The van der Waals surface area contributed by atoms with Crippen LogP contribution in [0.2, 0.25) is 0 Å². The SMILES string of the molecule is Cc1ccc2c(c1)C(=O)N(CCNC(=O)C(C)(C)C(=O)NCC1CCC1)C2=O. The molecule has 0 radical (unpaired) electrons. The molecular formula is C21H27N3O4. The second-order valence-corrected chi connectivity index (χ2v) is 8.20. The first-order valence-electron chi connectivity index (χ1n) is 9.75. The number of hydrogen-bond donors (Lipinski definition) is 2. The average Bonchev–Trinajstić information content (AvgIpc) is 2.84. The van der Waals surface area contributed by atoms with E-state index in [2.05, 4.69) is 10.6 Å². The van der Waals surface area contributed by atoms with Crippen LogP contribution in [-0.4, -0.2) is 48.2 Å². The van der Waals surface area contributed by atoms with E-state index >= 15 is 0 Å². The van der Waals surface area contributed by atoms with E-state index in [4.69, 9.17) is 0 Å². The van der Waals surface area contributed by atoms with Crippen molar-refractivity contribution in [1.82, 2.24) is 15.5 Å². The van der Waals surface area contributed by atoms with Gasteiger partial charge in [-0.25, -0.2) is 0 Å². The molecule has 7 nitrogen and oxygen atoms in total. The van der Waals surface area contributed by atoms with E-state index in [1.807, 2.05) is 6.92 Å². The zero-order chi connectivity index (χ0) is 20.5. The van der Waals surface area contributed by atoms with Crippen LogP contribution in [0.4, 0.5) is 0 Å². The molecule has 1 aromatic carbocycles. The maximum Gasteiger partial charge on any atom is 0.261 e. The first-order valence-corrected chi connectivity index (χ1v) is 9.75. The van der Waals surface area contributed by atoms with Gasteiger partial charge in [-0.1, -0.05) is 18.1 Å². The lowest BCUT2D eigenvalue weighted by Gasteiger charge is -2.28. The molecule has 0 atom stereocenters. The van der Waals surface area contributed by atoms with Crippen molar-refractivity contribution in [2.24, 2.45) is 11.3 Å². The molecule has 2 N–H and O–H groups in total. The molecule has 2 aliphatic rings. The van der Waals surface area contributed by atoms with Gasteiger partial charge in [-0.2, -0.15) is 0 Å². The van der Waals surface area contributed by atoms with Gasteiger partial charge in [-0.05, 0) is 51.7 Å². The number of carbonyl (C=O) groups is 4. The number of aryl methyl sites for hydroxylation is 1. The summed E-state index contributed by atoms with van der Waals surface area (Å²) in [5.74, 6) is -0.929. The standard InChI is InChI=1S/C21H27N3O4/c1-13-7-8-15-16(11-13)18(26)24(17(15)25)10-9-22-19(27)21(2,3)20(28)23-12-14-5-4-6-14/h7-8,11,14H,4-6,9-10,12H2,1-3H3,(H,22,27)(H,23,28). The van der Waals surface area contributed by atoms with E-state index in [1.165, 1.54) is 6.42 Å². The predicted molar refractivity (Wildman–Crippen MR) is 104 cm³/mol. The molecule has 7 heteroatoms. The summed E-state index contributed by atoms with van der Waals surface area (Å²) in [4.78, 5) is 50.8. The highest BCUT2D eigenvalue weighted by molar-refractivity contribution is 6.21. The zero-order valence-corrected chi connectivity index (χ0v) is 16.6. The van der Waals surface area contributed by atoms with Crippen LogP contribution < -0.4 is 10.6 Å². The first kappa shape index (κ1) is 20.0. The third-order valence-electron chi connectivity index (χ3n) is 5.66. The number of hydrogen-bond acceptors (Lipinski definition) is 4. The Morgan fingerprint density at radius 2 is 1.71 bits per heavy atom. The summed E-state index contributed by atoms with van der Waals surface area (Å²) in [5, 5.41) is 5.53. The Morgan fingerprint density at radius 1 is 1.07 bits per heavy atom. The van der Waals surface area contributed by atoms with E-state index in [1.54, 1.807) is 32.0 Å². The minimum Gasteiger partial charge on any atom is -0.355 e. The third-order valence-corrected chi connectivity index (χ3v) is 5.66. The van der Waals surface area contributed by atoms with Crippen LogP contribution in [0.5, 0.6) is 0 Å². The van der Waals surface area contributed by atoms with Crippen molar-refractivity contribution in [2.75, 3.05) is 19.6 Å². The topological polar surface area (TPSA) is 95.6 Å². The molecule has 1 fully saturated rings. The number of nitrogens with one attached hydrogen (secondary N) is 2. The highest BCUT2D eigenvalue weighted by Crippen LogP contribution is 2.26. The third kappa shape index (κ3) is 3.79. The molecule has 3 rings (SSSR count). The van der Waals surface area contributed by atoms with Crippen LogP contribution in [0.25, 0.3) is 0 Å². The van der Waals surface area contributed by atoms with Gasteiger partial charge in [-0.15, -0.1) is 0 Å². The summed E-state index contributed by atoms with van der Waals surface area (Å²) in [5.41, 5.74) is 0.470. The van der Waals surface area contributed by atoms with Gasteiger partial charge in [0.15, 0.2) is 0 Å². The summed E-state index contributed by atoms with van der Waals surface area (Å²) < 4.78 is 0. The van der Waals surface area contributed by atoms with Crippen molar-refractivity contribution in [1.29, 1.82) is 0 Å². The molecule has 1 aromatic rings. The number of amides is 4. The summed E-state index contributed by atoms with van der Waals surface area (Å²) in [6.07, 6.45) is 3.43. The van der Waals surface area contributed by atoms with Crippen LogP contribution in [0.3, 0.4) is 0 Å². The number of nitrogens with zero attached hydrogens (tertiary/aromatic N) is 1. The van der Waals surface area contributed by atoms with Crippen molar-refractivity contribution in [3.05, 3.63) is 34.9 Å². The number of fused-ring (bicyclic) bond motifs is 1. The highest BCUT2D eigenvalue weighted by atomic mass is 16.2. The van der Waals surface area contributed by atoms with Crippen LogP contribution in [0.15, 0.2) is 18.2 Å². The number of rotatable bonds is 7. The predicted octanol–water partition coefficient (Wildman–Crippen LogP) is 1.65. The van der Waals surface area contributed by atoms with Gasteiger partial charge in [0.05, 0.1) is 11.1 Å². The molecule has 1 heterocycles. The molecule has 150 valence electrons. The van der Waals surface area contributed by atoms with Crippen molar-refractivity contribution >= 4 is 23.6 Å². The maximum atomic E-state index is 12.5. The van der Waals surface area contributed by atoms with Gasteiger partial charge in [0.2, 0.25) is 11.8 Å². The van der Waals surface area contributed by atoms with Gasteiger partial charge >= 0.3 is 0 Å². The van der Waals surface area contributed by atoms with Gasteiger partial charge in [0.1, 0.15) is 5.41 Å². The zero-order valence-electron chi connectivity index (χ0n) is 16.6. The second-order valence-electron chi connectivity index (χ2n) is 8.20. The molecule has 0 spiro atoms. The molecule has 0 bridgehead atoms. The Morgan fingerprint density at radius 3 is 2.36 bits per heavy atom. The van der Waals surface area contributed by atoms with E-state index in [-0.39, 0.29) is 30.8 Å². The second kappa shape index (κ2) is 7.73. The molecular weight excluding hydrogens is 358 g/mol. The smallest absolute Gasteiger partial charge is 0.261 e. The lowest BCUT2D eigenvalue weighted by atomic mass is 9.84. The van der Waals surface area contributed by atoms with Crippen LogP contribution in [0, 0.1) is 18.3 Å². The van der Waals surface area contributed by atoms with Gasteiger partial charge in [0.25, 0.3) is 11.8 Å². The maximum absolute atomic E-state index is 12.5.